The molecule has 0 radical (unpaired) electrons. The molecule has 15 heavy (non-hydrogen) atoms. The zero-order valence-electron chi connectivity index (χ0n) is 7.84. The van der Waals surface area contributed by atoms with Crippen LogP contribution in [0.1, 0.15) is 5.56 Å². The number of aliphatic carboxylic acids is 1. The first kappa shape index (κ1) is 8.23. The molecule has 2 aromatic rings. The van der Waals surface area contributed by atoms with Crippen molar-refractivity contribution in [3.8, 4) is 0 Å². The Morgan fingerprint density at radius 3 is 3.13 bits per heavy atom. The van der Waals surface area contributed by atoms with Gasteiger partial charge in [0.15, 0.2) is 0 Å². The summed E-state index contributed by atoms with van der Waals surface area (Å²) in [6.07, 6.45) is 3.80. The maximum atomic E-state index is 10.9. The van der Waals surface area contributed by atoms with Crippen LogP contribution < -0.4 is 0 Å². The van der Waals surface area contributed by atoms with E-state index in [4.69, 9.17) is 5.11 Å². The molecule has 0 saturated carbocycles. The van der Waals surface area contributed by atoms with Crippen LogP contribution in [0.4, 0.5) is 0 Å². The molecule has 2 heterocycles. The third kappa shape index (κ3) is 1.08. The van der Waals surface area contributed by atoms with Crippen LogP contribution in [0, 0.1) is 0 Å². The first-order chi connectivity index (χ1) is 7.25. The molecule has 0 atom stereocenters. The zero-order chi connectivity index (χ0) is 10.4. The number of nitrogens with zero attached hydrogens (tertiary/aromatic N) is 2. The van der Waals surface area contributed by atoms with Gasteiger partial charge < -0.3 is 5.11 Å². The lowest BCUT2D eigenvalue weighted by atomic mass is 10.0. The molecule has 1 N–H and O–H groups in total. The van der Waals surface area contributed by atoms with Gasteiger partial charge in [0.05, 0.1) is 17.3 Å². The molecule has 0 aliphatic carbocycles. The fraction of sp³-hybridized carbons (Fsp3) is 0.0909. The summed E-state index contributed by atoms with van der Waals surface area (Å²) in [5.41, 5.74) is 2.41. The number of hydrogen-bond donors (Lipinski definition) is 1. The summed E-state index contributed by atoms with van der Waals surface area (Å²) in [4.78, 5) is 10.9. The van der Waals surface area contributed by atoms with E-state index in [1.807, 2.05) is 18.2 Å². The van der Waals surface area contributed by atoms with Gasteiger partial charge in [-0.3, -0.25) is 0 Å². The number of para-hydroxylation sites is 1. The average molecular weight is 200 g/mol. The van der Waals surface area contributed by atoms with Crippen molar-refractivity contribution in [1.29, 1.82) is 0 Å². The summed E-state index contributed by atoms with van der Waals surface area (Å²) in [7, 11) is 0. The van der Waals surface area contributed by atoms with E-state index in [0.29, 0.717) is 12.0 Å². The molecule has 1 aromatic heterocycles. The Balaban J connectivity index is 2.33. The molecule has 74 valence electrons. The maximum Gasteiger partial charge on any atom is 0.333 e. The second-order valence-electron chi connectivity index (χ2n) is 3.58. The number of carboxylic acid groups (broad SMARTS) is 1. The molecule has 0 unspecified atom stereocenters. The van der Waals surface area contributed by atoms with Crippen LogP contribution in [0.2, 0.25) is 0 Å². The summed E-state index contributed by atoms with van der Waals surface area (Å²) in [5, 5.41) is 14.1. The normalized spacial score (nSPS) is 14.0. The lowest BCUT2D eigenvalue weighted by Gasteiger charge is -2.12. The first-order valence-corrected chi connectivity index (χ1v) is 4.65. The van der Waals surface area contributed by atoms with Gasteiger partial charge in [-0.25, -0.2) is 9.48 Å². The quantitative estimate of drug-likeness (QED) is 0.759. The van der Waals surface area contributed by atoms with Gasteiger partial charge in [0.2, 0.25) is 0 Å². The van der Waals surface area contributed by atoms with Gasteiger partial charge in [0, 0.05) is 18.0 Å². The lowest BCUT2D eigenvalue weighted by molar-refractivity contribution is -0.132. The predicted octanol–water partition coefficient (Wildman–Crippen LogP) is 1.52. The van der Waals surface area contributed by atoms with E-state index in [2.05, 4.69) is 5.10 Å². The molecule has 0 fully saturated rings. The van der Waals surface area contributed by atoms with Gasteiger partial charge in [-0.05, 0) is 5.56 Å². The number of rotatable bonds is 1. The predicted molar refractivity (Wildman–Crippen MR) is 55.3 cm³/mol. The lowest BCUT2D eigenvalue weighted by Crippen LogP contribution is -2.10. The third-order valence-corrected chi connectivity index (χ3v) is 2.63. The van der Waals surface area contributed by atoms with Gasteiger partial charge in [0.1, 0.15) is 0 Å². The van der Waals surface area contributed by atoms with Crippen molar-refractivity contribution >= 4 is 23.1 Å². The number of carboxylic acids is 1. The number of hydrogen-bond acceptors (Lipinski definition) is 2. The van der Waals surface area contributed by atoms with Crippen molar-refractivity contribution in [1.82, 2.24) is 9.78 Å². The van der Waals surface area contributed by atoms with Crippen molar-refractivity contribution in [2.45, 2.75) is 6.42 Å². The van der Waals surface area contributed by atoms with Crippen LogP contribution in [0.25, 0.3) is 17.1 Å². The molecule has 0 bridgehead atoms. The molecule has 3 rings (SSSR count). The Morgan fingerprint density at radius 2 is 2.33 bits per heavy atom. The largest absolute Gasteiger partial charge is 0.478 e. The molecule has 1 aliphatic rings. The molecule has 0 spiro atoms. The van der Waals surface area contributed by atoms with E-state index in [9.17, 15) is 4.79 Å². The van der Waals surface area contributed by atoms with Gasteiger partial charge >= 0.3 is 5.97 Å². The van der Waals surface area contributed by atoms with Crippen molar-refractivity contribution in [3.05, 3.63) is 35.5 Å². The van der Waals surface area contributed by atoms with Gasteiger partial charge in [-0.1, -0.05) is 18.2 Å². The third-order valence-electron chi connectivity index (χ3n) is 2.63. The number of aromatic nitrogens is 2. The minimum atomic E-state index is -0.881. The molecular weight excluding hydrogens is 192 g/mol. The van der Waals surface area contributed by atoms with Crippen LogP contribution in [0.5, 0.6) is 0 Å². The summed E-state index contributed by atoms with van der Waals surface area (Å²) in [6.45, 7) is 0. The van der Waals surface area contributed by atoms with E-state index in [0.717, 1.165) is 16.5 Å². The van der Waals surface area contributed by atoms with Crippen LogP contribution in [-0.2, 0) is 11.2 Å². The molecule has 4 nitrogen and oxygen atoms in total. The topological polar surface area (TPSA) is 55.1 Å². The Morgan fingerprint density at radius 1 is 1.47 bits per heavy atom. The zero-order valence-corrected chi connectivity index (χ0v) is 7.84. The van der Waals surface area contributed by atoms with Crippen molar-refractivity contribution in [2.75, 3.05) is 0 Å². The smallest absolute Gasteiger partial charge is 0.333 e. The van der Waals surface area contributed by atoms with Crippen LogP contribution in [-0.4, -0.2) is 20.9 Å². The molecule has 1 aliphatic heterocycles. The Kier molecular flexibility index (Phi) is 1.48. The Hall–Kier alpha value is -2.10. The van der Waals surface area contributed by atoms with E-state index in [1.54, 1.807) is 17.1 Å². The minimum absolute atomic E-state index is 0.374. The Labute approximate surface area is 85.4 Å². The second kappa shape index (κ2) is 2.70. The van der Waals surface area contributed by atoms with Crippen molar-refractivity contribution < 1.29 is 9.90 Å². The van der Waals surface area contributed by atoms with Gasteiger partial charge in [-0.2, -0.15) is 5.10 Å². The highest BCUT2D eigenvalue weighted by Gasteiger charge is 2.18. The highest BCUT2D eigenvalue weighted by molar-refractivity contribution is 5.95. The standard InChI is InChI=1S/C11H8N2O2/c14-11(15)9-4-7-2-1-3-8-5-12-13(6-9)10(7)8/h1-3,5-6H,4H2,(H,14,15). The maximum absolute atomic E-state index is 10.9. The summed E-state index contributed by atoms with van der Waals surface area (Å²) < 4.78 is 1.64. The van der Waals surface area contributed by atoms with Crippen LogP contribution in [0.15, 0.2) is 30.0 Å². The monoisotopic (exact) mass is 200 g/mol. The van der Waals surface area contributed by atoms with E-state index in [-0.39, 0.29) is 0 Å². The minimum Gasteiger partial charge on any atom is -0.478 e. The van der Waals surface area contributed by atoms with Crippen LogP contribution >= 0.6 is 0 Å². The number of carbonyl (C=O) groups is 1. The molecule has 1 aromatic carbocycles. The number of benzene rings is 1. The molecule has 0 saturated heterocycles. The Bertz CT molecular complexity index is 596. The van der Waals surface area contributed by atoms with E-state index in [1.165, 1.54) is 0 Å². The fourth-order valence-corrected chi connectivity index (χ4v) is 1.95. The first-order valence-electron chi connectivity index (χ1n) is 4.65. The molecule has 4 heteroatoms. The SMILES string of the molecule is O=C(O)C1=Cn2ncc3cccc(c32)C1. The highest BCUT2D eigenvalue weighted by atomic mass is 16.4. The van der Waals surface area contributed by atoms with Gasteiger partial charge in [-0.15, -0.1) is 0 Å². The van der Waals surface area contributed by atoms with E-state index >= 15 is 0 Å². The van der Waals surface area contributed by atoms with Gasteiger partial charge in [0.25, 0.3) is 0 Å². The highest BCUT2D eigenvalue weighted by Crippen LogP contribution is 2.25. The molecular formula is C11H8N2O2. The second-order valence-corrected chi connectivity index (χ2v) is 3.58. The summed E-state index contributed by atoms with van der Waals surface area (Å²) in [6, 6.07) is 5.84. The van der Waals surface area contributed by atoms with Crippen LogP contribution in [0.3, 0.4) is 0 Å². The molecule has 0 amide bonds. The van der Waals surface area contributed by atoms with Crippen molar-refractivity contribution in [2.24, 2.45) is 0 Å². The summed E-state index contributed by atoms with van der Waals surface area (Å²) >= 11 is 0. The average Bonchev–Trinajstić information content (AvgIpc) is 2.64. The fourth-order valence-electron chi connectivity index (χ4n) is 1.95. The van der Waals surface area contributed by atoms with Crippen molar-refractivity contribution in [3.63, 3.8) is 0 Å². The summed E-state index contributed by atoms with van der Waals surface area (Å²) in [5.74, 6) is -0.881. The van der Waals surface area contributed by atoms with E-state index < -0.39 is 5.97 Å².